The van der Waals surface area contributed by atoms with E-state index in [4.69, 9.17) is 21.3 Å². The Morgan fingerprint density at radius 3 is 2.58 bits per heavy atom. The summed E-state index contributed by atoms with van der Waals surface area (Å²) in [6.07, 6.45) is 0. The molecule has 0 bridgehead atoms. The zero-order valence-electron chi connectivity index (χ0n) is 17.1. The number of halogens is 1. The maximum Gasteiger partial charge on any atom is 0.186 e. The second-order valence-electron chi connectivity index (χ2n) is 7.30. The molecular formula is C24H20ClN5O. The predicted molar refractivity (Wildman–Crippen MR) is 124 cm³/mol. The van der Waals surface area contributed by atoms with Gasteiger partial charge in [0.25, 0.3) is 0 Å². The van der Waals surface area contributed by atoms with E-state index in [1.165, 1.54) is 0 Å². The largest absolute Gasteiger partial charge is 0.497 e. The highest BCUT2D eigenvalue weighted by Gasteiger charge is 2.17. The van der Waals surface area contributed by atoms with E-state index in [2.05, 4.69) is 34.7 Å². The van der Waals surface area contributed by atoms with E-state index in [1.807, 2.05) is 60.7 Å². The molecule has 1 N–H and O–H groups in total. The monoisotopic (exact) mass is 429 g/mol. The van der Waals surface area contributed by atoms with E-state index in [0.717, 1.165) is 33.6 Å². The molecule has 0 radical (unpaired) electrons. The number of methoxy groups -OCH3 is 1. The molecule has 5 rings (SSSR count). The molecule has 5 aromatic rings. The lowest BCUT2D eigenvalue weighted by molar-refractivity contribution is 0.414. The fraction of sp³-hybridized carbons (Fsp3) is 0.125. The Kier molecular flexibility index (Phi) is 4.92. The molecular weight excluding hydrogens is 410 g/mol. The lowest BCUT2D eigenvalue weighted by atomic mass is 10.1. The highest BCUT2D eigenvalue weighted by Crippen LogP contribution is 2.31. The molecule has 0 aliphatic carbocycles. The number of fused-ring (bicyclic) bond motifs is 3. The summed E-state index contributed by atoms with van der Waals surface area (Å²) in [6.45, 7) is 2.11. The van der Waals surface area contributed by atoms with Crippen LogP contribution in [-0.4, -0.2) is 26.9 Å². The van der Waals surface area contributed by atoms with Gasteiger partial charge in [-0.15, -0.1) is 5.10 Å². The maximum atomic E-state index is 6.20. The number of hydrogen-bond donors (Lipinski definition) is 1. The predicted octanol–water partition coefficient (Wildman–Crippen LogP) is 5.78. The molecule has 2 aromatic heterocycles. The van der Waals surface area contributed by atoms with Gasteiger partial charge in [-0.1, -0.05) is 53.2 Å². The van der Waals surface area contributed by atoms with Crippen LogP contribution in [0.3, 0.4) is 0 Å². The van der Waals surface area contributed by atoms with Gasteiger partial charge in [0, 0.05) is 22.0 Å². The summed E-state index contributed by atoms with van der Waals surface area (Å²) >= 11 is 6.20. The van der Waals surface area contributed by atoms with Crippen LogP contribution in [0.4, 0.5) is 5.82 Å². The third kappa shape index (κ3) is 3.55. The minimum atomic E-state index is 0.0368. The van der Waals surface area contributed by atoms with E-state index >= 15 is 0 Å². The molecule has 0 aliphatic heterocycles. The lowest BCUT2D eigenvalue weighted by Gasteiger charge is -2.17. The number of anilines is 1. The molecule has 154 valence electrons. The molecule has 0 aliphatic rings. The summed E-state index contributed by atoms with van der Waals surface area (Å²) in [6, 6.07) is 23.6. The third-order valence-electron chi connectivity index (χ3n) is 5.32. The molecule has 6 nitrogen and oxygen atoms in total. The number of nitrogens with zero attached hydrogens (tertiary/aromatic N) is 4. The van der Waals surface area contributed by atoms with Crippen LogP contribution in [0, 0.1) is 0 Å². The van der Waals surface area contributed by atoms with Crippen molar-refractivity contribution in [3.8, 4) is 17.0 Å². The van der Waals surface area contributed by atoms with Gasteiger partial charge in [-0.2, -0.15) is 4.52 Å². The molecule has 0 amide bonds. The van der Waals surface area contributed by atoms with Crippen LogP contribution < -0.4 is 10.1 Å². The first kappa shape index (κ1) is 19.3. The summed E-state index contributed by atoms with van der Waals surface area (Å²) in [5.74, 6) is 1.61. The quantitative estimate of drug-likeness (QED) is 0.383. The van der Waals surface area contributed by atoms with Gasteiger partial charge in [-0.05, 0) is 48.9 Å². The van der Waals surface area contributed by atoms with Gasteiger partial charge in [0.1, 0.15) is 17.3 Å². The van der Waals surface area contributed by atoms with Crippen molar-refractivity contribution in [1.82, 2.24) is 19.8 Å². The molecule has 3 aromatic carbocycles. The maximum absolute atomic E-state index is 6.20. The fourth-order valence-corrected chi connectivity index (χ4v) is 3.87. The van der Waals surface area contributed by atoms with Crippen LogP contribution in [0.25, 0.3) is 27.8 Å². The van der Waals surface area contributed by atoms with Crippen molar-refractivity contribution in [2.45, 2.75) is 13.0 Å². The number of aromatic nitrogens is 4. The molecule has 31 heavy (non-hydrogen) atoms. The third-order valence-corrected chi connectivity index (χ3v) is 5.55. The van der Waals surface area contributed by atoms with E-state index < -0.39 is 0 Å². The molecule has 1 unspecified atom stereocenters. The minimum absolute atomic E-state index is 0.0368. The van der Waals surface area contributed by atoms with Gasteiger partial charge >= 0.3 is 0 Å². The Morgan fingerprint density at radius 2 is 1.81 bits per heavy atom. The van der Waals surface area contributed by atoms with Crippen LogP contribution in [0.5, 0.6) is 5.75 Å². The first-order valence-corrected chi connectivity index (χ1v) is 10.3. The standard InChI is InChI=1S/C24H20ClN5O/c1-15(16-10-12-19(31-2)13-11-16)26-23-20-8-3-4-9-21(20)30-24(27-23)22(28-29-30)17-6-5-7-18(25)14-17/h3-15H,1-2H3,(H,26,27). The second-order valence-corrected chi connectivity index (χ2v) is 7.74. The number of benzene rings is 3. The summed E-state index contributed by atoms with van der Waals surface area (Å²) in [4.78, 5) is 4.93. The smallest absolute Gasteiger partial charge is 0.186 e. The van der Waals surface area contributed by atoms with Crippen LogP contribution in [-0.2, 0) is 0 Å². The van der Waals surface area contributed by atoms with E-state index in [-0.39, 0.29) is 6.04 Å². The summed E-state index contributed by atoms with van der Waals surface area (Å²) in [5, 5.41) is 14.0. The van der Waals surface area contributed by atoms with Gasteiger partial charge in [-0.3, -0.25) is 0 Å². The average molecular weight is 430 g/mol. The van der Waals surface area contributed by atoms with Crippen LogP contribution >= 0.6 is 11.6 Å². The van der Waals surface area contributed by atoms with Crippen molar-refractivity contribution in [3.63, 3.8) is 0 Å². The summed E-state index contributed by atoms with van der Waals surface area (Å²) in [7, 11) is 1.67. The summed E-state index contributed by atoms with van der Waals surface area (Å²) in [5.41, 5.74) is 4.30. The van der Waals surface area contributed by atoms with Gasteiger partial charge < -0.3 is 10.1 Å². The number of hydrogen-bond acceptors (Lipinski definition) is 5. The van der Waals surface area contributed by atoms with Gasteiger partial charge in [0.05, 0.1) is 12.6 Å². The van der Waals surface area contributed by atoms with Gasteiger partial charge in [-0.25, -0.2) is 4.98 Å². The number of para-hydroxylation sites is 1. The highest BCUT2D eigenvalue weighted by atomic mass is 35.5. The van der Waals surface area contributed by atoms with Crippen LogP contribution in [0.2, 0.25) is 5.02 Å². The SMILES string of the molecule is COc1ccc(C(C)Nc2nc3c(-c4cccc(Cl)c4)nnn3c3ccccc23)cc1. The van der Waals surface area contributed by atoms with Crippen LogP contribution in [0.1, 0.15) is 18.5 Å². The molecule has 0 saturated heterocycles. The molecule has 0 spiro atoms. The Balaban J connectivity index is 1.63. The molecule has 7 heteroatoms. The zero-order valence-corrected chi connectivity index (χ0v) is 17.8. The lowest BCUT2D eigenvalue weighted by Crippen LogP contribution is -2.09. The molecule has 1 atom stereocenters. The minimum Gasteiger partial charge on any atom is -0.497 e. The van der Waals surface area contributed by atoms with Crippen molar-refractivity contribution in [2.75, 3.05) is 12.4 Å². The Bertz CT molecular complexity index is 1380. The normalized spacial score (nSPS) is 12.2. The van der Waals surface area contributed by atoms with Crippen molar-refractivity contribution < 1.29 is 4.74 Å². The van der Waals surface area contributed by atoms with Crippen molar-refractivity contribution in [1.29, 1.82) is 0 Å². The van der Waals surface area contributed by atoms with Gasteiger partial charge in [0.2, 0.25) is 0 Å². The van der Waals surface area contributed by atoms with Crippen molar-refractivity contribution in [3.05, 3.63) is 83.4 Å². The van der Waals surface area contributed by atoms with E-state index in [0.29, 0.717) is 16.4 Å². The van der Waals surface area contributed by atoms with Crippen molar-refractivity contribution >= 4 is 34.0 Å². The van der Waals surface area contributed by atoms with Crippen LogP contribution in [0.15, 0.2) is 72.8 Å². The zero-order chi connectivity index (χ0) is 21.4. The topological polar surface area (TPSA) is 64.3 Å². The molecule has 0 fully saturated rings. The van der Waals surface area contributed by atoms with E-state index in [1.54, 1.807) is 11.6 Å². The molecule has 2 heterocycles. The number of ether oxygens (including phenoxy) is 1. The number of rotatable bonds is 5. The fourth-order valence-electron chi connectivity index (χ4n) is 3.68. The molecule has 0 saturated carbocycles. The average Bonchev–Trinajstić information content (AvgIpc) is 3.23. The first-order valence-electron chi connectivity index (χ1n) is 9.94. The second kappa shape index (κ2) is 7.89. The van der Waals surface area contributed by atoms with E-state index in [9.17, 15) is 0 Å². The summed E-state index contributed by atoms with van der Waals surface area (Å²) < 4.78 is 7.04. The van der Waals surface area contributed by atoms with Gasteiger partial charge in [0.15, 0.2) is 5.65 Å². The Hall–Kier alpha value is -3.64. The Labute approximate surface area is 184 Å². The highest BCUT2D eigenvalue weighted by molar-refractivity contribution is 6.30. The number of nitrogens with one attached hydrogen (secondary N) is 1. The Morgan fingerprint density at radius 1 is 1.00 bits per heavy atom. The first-order chi connectivity index (χ1) is 15.1. The van der Waals surface area contributed by atoms with Crippen molar-refractivity contribution in [2.24, 2.45) is 0 Å².